The monoisotopic (exact) mass is 305 g/mol. The first kappa shape index (κ1) is 13.5. The molecular formula is C19H12FNO2. The van der Waals surface area contributed by atoms with Crippen molar-refractivity contribution in [1.82, 2.24) is 0 Å². The van der Waals surface area contributed by atoms with E-state index in [1.54, 1.807) is 12.1 Å². The molecule has 0 bridgehead atoms. The zero-order valence-electron chi connectivity index (χ0n) is 12.0. The minimum Gasteiger partial charge on any atom is -0.456 e. The highest BCUT2D eigenvalue weighted by Crippen LogP contribution is 2.30. The van der Waals surface area contributed by atoms with E-state index in [2.05, 4.69) is 5.32 Å². The van der Waals surface area contributed by atoms with Crippen molar-refractivity contribution in [2.45, 2.75) is 0 Å². The van der Waals surface area contributed by atoms with Crippen LogP contribution in [0, 0.1) is 5.82 Å². The van der Waals surface area contributed by atoms with Gasteiger partial charge < -0.3 is 9.73 Å². The number of rotatable bonds is 2. The highest BCUT2D eigenvalue weighted by Gasteiger charge is 2.10. The first-order valence-electron chi connectivity index (χ1n) is 7.19. The summed E-state index contributed by atoms with van der Waals surface area (Å²) < 4.78 is 19.0. The molecule has 23 heavy (non-hydrogen) atoms. The van der Waals surface area contributed by atoms with Crippen molar-refractivity contribution in [3.63, 3.8) is 0 Å². The van der Waals surface area contributed by atoms with Gasteiger partial charge in [-0.15, -0.1) is 0 Å². The van der Waals surface area contributed by atoms with Gasteiger partial charge in [-0.05, 0) is 36.4 Å². The molecule has 0 radical (unpaired) electrons. The van der Waals surface area contributed by atoms with E-state index in [4.69, 9.17) is 4.42 Å². The molecular weight excluding hydrogens is 293 g/mol. The van der Waals surface area contributed by atoms with Crippen molar-refractivity contribution in [2.75, 3.05) is 5.32 Å². The second-order valence-electron chi connectivity index (χ2n) is 5.27. The van der Waals surface area contributed by atoms with E-state index in [-0.39, 0.29) is 11.5 Å². The number of para-hydroxylation sites is 1. The maximum atomic E-state index is 13.2. The molecule has 0 fully saturated rings. The number of carbonyl (C=O) groups excluding carboxylic acids is 1. The third-order valence-electron chi connectivity index (χ3n) is 3.72. The van der Waals surface area contributed by atoms with Crippen LogP contribution in [-0.4, -0.2) is 5.91 Å². The topological polar surface area (TPSA) is 42.2 Å². The SMILES string of the molecule is O=C(Nc1ccc2c(c1)oc1ccccc12)c1cccc(F)c1. The van der Waals surface area contributed by atoms with Crippen LogP contribution in [0.3, 0.4) is 0 Å². The molecule has 0 aliphatic rings. The lowest BCUT2D eigenvalue weighted by Gasteiger charge is -2.05. The number of furan rings is 1. The van der Waals surface area contributed by atoms with E-state index < -0.39 is 5.82 Å². The number of anilines is 1. The predicted molar refractivity (Wildman–Crippen MR) is 88.1 cm³/mol. The Bertz CT molecular complexity index is 1040. The Balaban J connectivity index is 1.69. The number of hydrogen-bond acceptors (Lipinski definition) is 2. The van der Waals surface area contributed by atoms with Crippen molar-refractivity contribution < 1.29 is 13.6 Å². The molecule has 0 saturated carbocycles. The van der Waals surface area contributed by atoms with Crippen molar-refractivity contribution in [2.24, 2.45) is 0 Å². The number of benzene rings is 3. The Morgan fingerprint density at radius 3 is 2.57 bits per heavy atom. The predicted octanol–water partition coefficient (Wildman–Crippen LogP) is 4.98. The highest BCUT2D eigenvalue weighted by atomic mass is 19.1. The summed E-state index contributed by atoms with van der Waals surface area (Å²) in [6, 6.07) is 18.8. The summed E-state index contributed by atoms with van der Waals surface area (Å²) in [6.07, 6.45) is 0. The summed E-state index contributed by atoms with van der Waals surface area (Å²) in [5.74, 6) is -0.801. The molecule has 1 heterocycles. The molecule has 112 valence electrons. The molecule has 3 nitrogen and oxygen atoms in total. The van der Waals surface area contributed by atoms with Crippen molar-refractivity contribution in [3.8, 4) is 0 Å². The Morgan fingerprint density at radius 1 is 0.870 bits per heavy atom. The van der Waals surface area contributed by atoms with Gasteiger partial charge in [0, 0.05) is 28.1 Å². The van der Waals surface area contributed by atoms with Crippen LogP contribution >= 0.6 is 0 Å². The fourth-order valence-corrected chi connectivity index (χ4v) is 2.64. The zero-order valence-corrected chi connectivity index (χ0v) is 12.0. The van der Waals surface area contributed by atoms with Crippen LogP contribution in [0.2, 0.25) is 0 Å². The van der Waals surface area contributed by atoms with Crippen LogP contribution in [0.4, 0.5) is 10.1 Å². The molecule has 4 heteroatoms. The lowest BCUT2D eigenvalue weighted by molar-refractivity contribution is 0.102. The van der Waals surface area contributed by atoms with Crippen molar-refractivity contribution in [1.29, 1.82) is 0 Å². The van der Waals surface area contributed by atoms with Gasteiger partial charge in [0.25, 0.3) is 5.91 Å². The van der Waals surface area contributed by atoms with Crippen LogP contribution in [-0.2, 0) is 0 Å². The smallest absolute Gasteiger partial charge is 0.255 e. The van der Waals surface area contributed by atoms with Gasteiger partial charge in [-0.1, -0.05) is 24.3 Å². The Labute approximate surface area is 131 Å². The summed E-state index contributed by atoms with van der Waals surface area (Å²) in [4.78, 5) is 12.2. The number of amides is 1. The zero-order chi connectivity index (χ0) is 15.8. The largest absolute Gasteiger partial charge is 0.456 e. The van der Waals surface area contributed by atoms with Crippen LogP contribution < -0.4 is 5.32 Å². The fourth-order valence-electron chi connectivity index (χ4n) is 2.64. The van der Waals surface area contributed by atoms with Crippen LogP contribution in [0.5, 0.6) is 0 Å². The van der Waals surface area contributed by atoms with Crippen LogP contribution in [0.25, 0.3) is 21.9 Å². The lowest BCUT2D eigenvalue weighted by atomic mass is 10.1. The molecule has 1 N–H and O–H groups in total. The van der Waals surface area contributed by atoms with E-state index in [0.29, 0.717) is 11.3 Å². The summed E-state index contributed by atoms with van der Waals surface area (Å²) >= 11 is 0. The van der Waals surface area contributed by atoms with Gasteiger partial charge >= 0.3 is 0 Å². The second kappa shape index (κ2) is 5.25. The summed E-state index contributed by atoms with van der Waals surface area (Å²) in [5.41, 5.74) is 2.37. The Hall–Kier alpha value is -3.14. The van der Waals surface area contributed by atoms with Crippen LogP contribution in [0.15, 0.2) is 71.1 Å². The van der Waals surface area contributed by atoms with Gasteiger partial charge in [-0.25, -0.2) is 4.39 Å². The van der Waals surface area contributed by atoms with E-state index in [0.717, 1.165) is 16.4 Å². The van der Waals surface area contributed by atoms with Gasteiger partial charge in [0.1, 0.15) is 17.0 Å². The molecule has 0 aliphatic carbocycles. The summed E-state index contributed by atoms with van der Waals surface area (Å²) in [7, 11) is 0. The van der Waals surface area contributed by atoms with Crippen molar-refractivity contribution in [3.05, 3.63) is 78.1 Å². The Morgan fingerprint density at radius 2 is 1.70 bits per heavy atom. The van der Waals surface area contributed by atoms with E-state index in [9.17, 15) is 9.18 Å². The minimum absolute atomic E-state index is 0.273. The first-order chi connectivity index (χ1) is 11.2. The second-order valence-corrected chi connectivity index (χ2v) is 5.27. The lowest BCUT2D eigenvalue weighted by Crippen LogP contribution is -2.11. The maximum absolute atomic E-state index is 13.2. The molecule has 0 unspecified atom stereocenters. The average Bonchev–Trinajstić information content (AvgIpc) is 2.92. The van der Waals surface area contributed by atoms with Crippen LogP contribution in [0.1, 0.15) is 10.4 Å². The standard InChI is InChI=1S/C19H12FNO2/c20-13-5-3-4-12(10-13)19(22)21-14-8-9-16-15-6-1-2-7-17(15)23-18(16)11-14/h1-11H,(H,21,22). The highest BCUT2D eigenvalue weighted by molar-refractivity contribution is 6.08. The van der Waals surface area contributed by atoms with Gasteiger partial charge in [-0.3, -0.25) is 4.79 Å². The summed E-state index contributed by atoms with van der Waals surface area (Å²) in [6.45, 7) is 0. The molecule has 0 spiro atoms. The fraction of sp³-hybridized carbons (Fsp3) is 0. The van der Waals surface area contributed by atoms with E-state index in [1.807, 2.05) is 36.4 Å². The molecule has 0 saturated heterocycles. The quantitative estimate of drug-likeness (QED) is 0.567. The molecule has 4 aromatic rings. The maximum Gasteiger partial charge on any atom is 0.255 e. The molecule has 1 aromatic heterocycles. The van der Waals surface area contributed by atoms with Gasteiger partial charge in [0.2, 0.25) is 0 Å². The van der Waals surface area contributed by atoms with E-state index in [1.165, 1.54) is 18.2 Å². The number of hydrogen-bond donors (Lipinski definition) is 1. The molecule has 0 aliphatic heterocycles. The van der Waals surface area contributed by atoms with Crippen molar-refractivity contribution >= 4 is 33.5 Å². The van der Waals surface area contributed by atoms with Gasteiger partial charge in [0.05, 0.1) is 0 Å². The normalized spacial score (nSPS) is 11.0. The Kier molecular flexibility index (Phi) is 3.08. The van der Waals surface area contributed by atoms with Gasteiger partial charge in [0.15, 0.2) is 0 Å². The van der Waals surface area contributed by atoms with E-state index >= 15 is 0 Å². The molecule has 1 amide bonds. The molecule has 0 atom stereocenters. The number of halogens is 1. The molecule has 4 rings (SSSR count). The minimum atomic E-state index is -0.439. The summed E-state index contributed by atoms with van der Waals surface area (Å²) in [5, 5.41) is 4.78. The average molecular weight is 305 g/mol. The van der Waals surface area contributed by atoms with Gasteiger partial charge in [-0.2, -0.15) is 0 Å². The number of fused-ring (bicyclic) bond motifs is 3. The number of nitrogens with one attached hydrogen (secondary N) is 1. The third kappa shape index (κ3) is 2.44. The first-order valence-corrected chi connectivity index (χ1v) is 7.19. The third-order valence-corrected chi connectivity index (χ3v) is 3.72. The number of carbonyl (C=O) groups is 1. The molecule has 3 aromatic carbocycles.